The highest BCUT2D eigenvalue weighted by atomic mass is 32.2. The fraction of sp³-hybridized carbons (Fsp3) is 0.462. The molecule has 0 saturated heterocycles. The van der Waals surface area contributed by atoms with Crippen LogP contribution in [0.25, 0.3) is 0 Å². The zero-order valence-electron chi connectivity index (χ0n) is 10.5. The number of benzene rings is 1. The van der Waals surface area contributed by atoms with Crippen LogP contribution in [0.3, 0.4) is 0 Å². The van der Waals surface area contributed by atoms with E-state index in [0.717, 1.165) is 11.3 Å². The minimum absolute atomic E-state index is 0.0826. The Bertz CT molecular complexity index is 368. The minimum atomic E-state index is 0.0826. The number of amides is 1. The molecule has 1 atom stereocenters. The summed E-state index contributed by atoms with van der Waals surface area (Å²) in [6, 6.07) is 7.91. The lowest BCUT2D eigenvalue weighted by Crippen LogP contribution is -2.24. The number of hydrogen-bond acceptors (Lipinski definition) is 3. The molecule has 0 unspecified atom stereocenters. The van der Waals surface area contributed by atoms with Gasteiger partial charge in [0.05, 0.1) is 12.9 Å². The van der Waals surface area contributed by atoms with E-state index in [1.54, 1.807) is 18.9 Å². The molecule has 0 radical (unpaired) electrons. The molecule has 0 spiro atoms. The number of ether oxygens (including phenoxy) is 1. The Morgan fingerprint density at radius 3 is 2.82 bits per heavy atom. The Kier molecular flexibility index (Phi) is 5.91. The van der Waals surface area contributed by atoms with Crippen LogP contribution in [0.2, 0.25) is 0 Å². The van der Waals surface area contributed by atoms with Crippen LogP contribution in [-0.2, 0) is 4.79 Å². The summed E-state index contributed by atoms with van der Waals surface area (Å²) in [5, 5.41) is 3.03. The van der Waals surface area contributed by atoms with Gasteiger partial charge in [-0.05, 0) is 19.9 Å². The van der Waals surface area contributed by atoms with Crippen molar-refractivity contribution >= 4 is 17.7 Å². The van der Waals surface area contributed by atoms with Gasteiger partial charge >= 0.3 is 0 Å². The highest BCUT2D eigenvalue weighted by Crippen LogP contribution is 2.33. The number of carbonyl (C=O) groups excluding carboxylic acids is 1. The second kappa shape index (κ2) is 7.22. The van der Waals surface area contributed by atoms with E-state index in [4.69, 9.17) is 4.74 Å². The molecule has 17 heavy (non-hydrogen) atoms. The van der Waals surface area contributed by atoms with Gasteiger partial charge in [-0.1, -0.05) is 18.2 Å². The van der Waals surface area contributed by atoms with Gasteiger partial charge in [0.2, 0.25) is 5.91 Å². The van der Waals surface area contributed by atoms with Crippen LogP contribution in [0.4, 0.5) is 0 Å². The quantitative estimate of drug-likeness (QED) is 0.847. The Labute approximate surface area is 107 Å². The van der Waals surface area contributed by atoms with Gasteiger partial charge in [-0.25, -0.2) is 0 Å². The van der Waals surface area contributed by atoms with Crippen molar-refractivity contribution < 1.29 is 9.53 Å². The second-order valence-corrected chi connectivity index (χ2v) is 4.98. The monoisotopic (exact) mass is 253 g/mol. The summed E-state index contributed by atoms with van der Waals surface area (Å²) >= 11 is 1.62. The lowest BCUT2D eigenvalue weighted by molar-refractivity contribution is -0.118. The second-order valence-electron chi connectivity index (χ2n) is 3.65. The first-order valence-electron chi connectivity index (χ1n) is 5.70. The molecule has 0 bridgehead atoms. The van der Waals surface area contributed by atoms with E-state index in [-0.39, 0.29) is 11.2 Å². The van der Waals surface area contributed by atoms with Crippen LogP contribution >= 0.6 is 11.8 Å². The molecule has 1 rings (SSSR count). The summed E-state index contributed by atoms with van der Waals surface area (Å²) in [6.07, 6.45) is 0. The molecule has 0 heterocycles. The third-order valence-electron chi connectivity index (χ3n) is 2.42. The number of thioether (sulfide) groups is 1. The van der Waals surface area contributed by atoms with Crippen LogP contribution in [0.15, 0.2) is 24.3 Å². The van der Waals surface area contributed by atoms with E-state index < -0.39 is 0 Å². The van der Waals surface area contributed by atoms with Crippen molar-refractivity contribution in [2.45, 2.75) is 19.1 Å². The number of methoxy groups -OCH3 is 1. The zero-order valence-corrected chi connectivity index (χ0v) is 11.3. The summed E-state index contributed by atoms with van der Waals surface area (Å²) in [6.45, 7) is 4.69. The minimum Gasteiger partial charge on any atom is -0.496 e. The van der Waals surface area contributed by atoms with Crippen LogP contribution in [0, 0.1) is 0 Å². The molecule has 1 N–H and O–H groups in total. The van der Waals surface area contributed by atoms with Crippen molar-refractivity contribution in [3.63, 3.8) is 0 Å². The molecule has 0 aromatic heterocycles. The van der Waals surface area contributed by atoms with Crippen LogP contribution in [0.1, 0.15) is 24.7 Å². The van der Waals surface area contributed by atoms with Crippen LogP contribution in [0.5, 0.6) is 5.75 Å². The van der Waals surface area contributed by atoms with E-state index in [1.165, 1.54) is 0 Å². The van der Waals surface area contributed by atoms with Crippen molar-refractivity contribution in [2.24, 2.45) is 0 Å². The van der Waals surface area contributed by atoms with Gasteiger partial charge in [0.25, 0.3) is 0 Å². The van der Waals surface area contributed by atoms with E-state index in [0.29, 0.717) is 12.3 Å². The smallest absolute Gasteiger partial charge is 0.230 e. The third-order valence-corrected chi connectivity index (χ3v) is 3.60. The van der Waals surface area contributed by atoms with Crippen molar-refractivity contribution in [2.75, 3.05) is 19.4 Å². The maximum absolute atomic E-state index is 11.4. The third kappa shape index (κ3) is 4.30. The van der Waals surface area contributed by atoms with Gasteiger partial charge in [0.15, 0.2) is 0 Å². The van der Waals surface area contributed by atoms with Crippen molar-refractivity contribution in [1.82, 2.24) is 5.32 Å². The average Bonchev–Trinajstić information content (AvgIpc) is 2.36. The lowest BCUT2D eigenvalue weighted by atomic mass is 10.1. The highest BCUT2D eigenvalue weighted by molar-refractivity contribution is 8.00. The summed E-state index contributed by atoms with van der Waals surface area (Å²) in [5.41, 5.74) is 1.13. The SMILES string of the molecule is CCNC(=O)CS[C@@H](C)c1ccccc1OC. The Balaban J connectivity index is 2.57. The largest absolute Gasteiger partial charge is 0.496 e. The van der Waals surface area contributed by atoms with Gasteiger partial charge < -0.3 is 10.1 Å². The summed E-state index contributed by atoms with van der Waals surface area (Å²) < 4.78 is 5.31. The summed E-state index contributed by atoms with van der Waals surface area (Å²) in [7, 11) is 1.67. The average molecular weight is 253 g/mol. The molecular formula is C13H19NO2S. The number of rotatable bonds is 6. The van der Waals surface area contributed by atoms with E-state index in [9.17, 15) is 4.79 Å². The zero-order chi connectivity index (χ0) is 12.7. The fourth-order valence-corrected chi connectivity index (χ4v) is 2.42. The highest BCUT2D eigenvalue weighted by Gasteiger charge is 2.12. The first-order chi connectivity index (χ1) is 8.19. The molecular weight excluding hydrogens is 234 g/mol. The summed E-state index contributed by atoms with van der Waals surface area (Å²) in [4.78, 5) is 11.4. The molecule has 0 aliphatic carbocycles. The summed E-state index contributed by atoms with van der Waals surface area (Å²) in [5.74, 6) is 1.44. The van der Waals surface area contributed by atoms with Gasteiger partial charge in [-0.3, -0.25) is 4.79 Å². The van der Waals surface area contributed by atoms with E-state index in [2.05, 4.69) is 12.2 Å². The first-order valence-corrected chi connectivity index (χ1v) is 6.75. The Hall–Kier alpha value is -1.16. The van der Waals surface area contributed by atoms with Gasteiger partial charge in [0.1, 0.15) is 5.75 Å². The maximum atomic E-state index is 11.4. The molecule has 4 heteroatoms. The molecule has 0 aliphatic heterocycles. The van der Waals surface area contributed by atoms with Crippen molar-refractivity contribution in [1.29, 1.82) is 0 Å². The molecule has 3 nitrogen and oxygen atoms in total. The van der Waals surface area contributed by atoms with Gasteiger partial charge in [-0.2, -0.15) is 0 Å². The number of hydrogen-bond donors (Lipinski definition) is 1. The number of para-hydroxylation sites is 1. The van der Waals surface area contributed by atoms with Crippen molar-refractivity contribution in [3.05, 3.63) is 29.8 Å². The van der Waals surface area contributed by atoms with E-state index in [1.807, 2.05) is 31.2 Å². The number of carbonyl (C=O) groups is 1. The molecule has 0 aliphatic rings. The molecule has 1 aromatic rings. The number of nitrogens with one attached hydrogen (secondary N) is 1. The topological polar surface area (TPSA) is 38.3 Å². The van der Waals surface area contributed by atoms with Crippen molar-refractivity contribution in [3.8, 4) is 5.75 Å². The van der Waals surface area contributed by atoms with Crippen LogP contribution in [-0.4, -0.2) is 25.3 Å². The lowest BCUT2D eigenvalue weighted by Gasteiger charge is -2.14. The van der Waals surface area contributed by atoms with Crippen LogP contribution < -0.4 is 10.1 Å². The molecule has 0 saturated carbocycles. The standard InChI is InChI=1S/C13H19NO2S/c1-4-14-13(15)9-17-10(2)11-7-5-6-8-12(11)16-3/h5-8,10H,4,9H2,1-3H3,(H,14,15)/t10-/m0/s1. The maximum Gasteiger partial charge on any atom is 0.230 e. The normalized spacial score (nSPS) is 11.9. The molecule has 0 fully saturated rings. The molecule has 1 aromatic carbocycles. The predicted molar refractivity (Wildman–Crippen MR) is 72.6 cm³/mol. The Morgan fingerprint density at radius 2 is 2.18 bits per heavy atom. The fourth-order valence-electron chi connectivity index (χ4n) is 1.54. The molecule has 94 valence electrons. The molecule has 1 amide bonds. The first kappa shape index (κ1) is 13.9. The Morgan fingerprint density at radius 1 is 1.47 bits per heavy atom. The van der Waals surface area contributed by atoms with Gasteiger partial charge in [0, 0.05) is 17.4 Å². The van der Waals surface area contributed by atoms with E-state index >= 15 is 0 Å². The predicted octanol–water partition coefficient (Wildman–Crippen LogP) is 2.63. The van der Waals surface area contributed by atoms with Gasteiger partial charge in [-0.15, -0.1) is 11.8 Å².